The van der Waals surface area contributed by atoms with Gasteiger partial charge in [-0.1, -0.05) is 41.9 Å². The van der Waals surface area contributed by atoms with E-state index in [9.17, 15) is 8.42 Å². The maximum atomic E-state index is 12.6. The van der Waals surface area contributed by atoms with Gasteiger partial charge in [0.2, 0.25) is 0 Å². The van der Waals surface area contributed by atoms with Crippen molar-refractivity contribution in [3.8, 4) is 0 Å². The van der Waals surface area contributed by atoms with E-state index in [1.54, 1.807) is 24.3 Å². The topological polar surface area (TPSA) is 49.7 Å². The molecule has 1 aliphatic rings. The summed E-state index contributed by atoms with van der Waals surface area (Å²) in [5.74, 6) is 0. The van der Waals surface area contributed by atoms with Gasteiger partial charge in [0.15, 0.2) is 0 Å². The number of para-hydroxylation sites is 1. The van der Waals surface area contributed by atoms with E-state index >= 15 is 0 Å². The predicted molar refractivity (Wildman–Crippen MR) is 85.3 cm³/mol. The summed E-state index contributed by atoms with van der Waals surface area (Å²) >= 11 is 3.52. The molecular weight excluding hydrogens is 340 g/mol. The Hall–Kier alpha value is -0.880. The molecule has 0 saturated heterocycles. The molecule has 1 aliphatic heterocycles. The van der Waals surface area contributed by atoms with Crippen molar-refractivity contribution in [2.24, 2.45) is 10.4 Å². The van der Waals surface area contributed by atoms with E-state index in [-0.39, 0.29) is 10.3 Å². The van der Waals surface area contributed by atoms with Crippen LogP contribution in [0.3, 0.4) is 0 Å². The van der Waals surface area contributed by atoms with Gasteiger partial charge < -0.3 is 0 Å². The number of alkyl halides is 1. The highest BCUT2D eigenvalue weighted by Crippen LogP contribution is 2.35. The van der Waals surface area contributed by atoms with Crippen molar-refractivity contribution in [3.05, 3.63) is 24.3 Å². The summed E-state index contributed by atoms with van der Waals surface area (Å²) in [6.07, 6.45) is 3.27. The van der Waals surface area contributed by atoms with E-state index < -0.39 is 10.0 Å². The lowest BCUT2D eigenvalue weighted by molar-refractivity contribution is 0.269. The maximum absolute atomic E-state index is 12.6. The second-order valence-electron chi connectivity index (χ2n) is 5.10. The zero-order valence-corrected chi connectivity index (χ0v) is 14.1. The molecule has 0 bridgehead atoms. The van der Waals surface area contributed by atoms with Crippen molar-refractivity contribution in [3.63, 3.8) is 0 Å². The number of halogens is 1. The third-order valence-electron chi connectivity index (χ3n) is 4.05. The van der Waals surface area contributed by atoms with E-state index in [2.05, 4.69) is 34.8 Å². The summed E-state index contributed by atoms with van der Waals surface area (Å²) in [4.78, 5) is 4.55. The zero-order valence-electron chi connectivity index (χ0n) is 11.7. The number of hydrogen-bond acceptors (Lipinski definition) is 3. The Morgan fingerprint density at radius 3 is 2.50 bits per heavy atom. The molecule has 0 fully saturated rings. The molecule has 0 spiro atoms. The highest BCUT2D eigenvalue weighted by Gasteiger charge is 2.35. The second-order valence-corrected chi connectivity index (χ2v) is 7.52. The van der Waals surface area contributed by atoms with Crippen LogP contribution in [0.2, 0.25) is 0 Å². The Morgan fingerprint density at radius 1 is 1.25 bits per heavy atom. The largest absolute Gasteiger partial charge is 0.267 e. The molecule has 1 aromatic carbocycles. The average molecular weight is 359 g/mol. The van der Waals surface area contributed by atoms with Crippen molar-refractivity contribution in [1.29, 1.82) is 0 Å². The molecule has 0 atom stereocenters. The molecule has 0 saturated carbocycles. The van der Waals surface area contributed by atoms with Gasteiger partial charge >= 0.3 is 0 Å². The van der Waals surface area contributed by atoms with E-state index in [0.29, 0.717) is 12.2 Å². The van der Waals surface area contributed by atoms with E-state index in [0.717, 1.165) is 18.2 Å². The molecule has 1 aromatic rings. The van der Waals surface area contributed by atoms with Gasteiger partial charge in [-0.3, -0.25) is 4.31 Å². The van der Waals surface area contributed by atoms with Crippen LogP contribution in [0.25, 0.3) is 0 Å². The van der Waals surface area contributed by atoms with Crippen LogP contribution in [0.5, 0.6) is 0 Å². The van der Waals surface area contributed by atoms with Gasteiger partial charge in [-0.2, -0.15) is 0 Å². The maximum Gasteiger partial charge on any atom is 0.267 e. The molecule has 6 heteroatoms. The minimum atomic E-state index is -3.48. The Morgan fingerprint density at radius 2 is 1.90 bits per heavy atom. The van der Waals surface area contributed by atoms with E-state index in [1.165, 1.54) is 10.6 Å². The minimum absolute atomic E-state index is 0.0641. The van der Waals surface area contributed by atoms with Gasteiger partial charge in [0.25, 0.3) is 10.0 Å². The SMILES string of the molecule is CCC(CC)(CBr)CN1C=Nc2ccccc2S1(=O)=O. The lowest BCUT2D eigenvalue weighted by atomic mass is 9.85. The van der Waals surface area contributed by atoms with Gasteiger partial charge in [0, 0.05) is 11.9 Å². The molecule has 0 unspecified atom stereocenters. The highest BCUT2D eigenvalue weighted by molar-refractivity contribution is 9.09. The molecule has 0 aromatic heterocycles. The van der Waals surface area contributed by atoms with Crippen molar-refractivity contribution >= 4 is 38.0 Å². The molecule has 1 heterocycles. The van der Waals surface area contributed by atoms with Crippen LogP contribution in [-0.2, 0) is 10.0 Å². The van der Waals surface area contributed by atoms with Gasteiger partial charge in [-0.05, 0) is 30.4 Å². The Kier molecular flexibility index (Phi) is 4.54. The molecule has 110 valence electrons. The first-order valence-corrected chi connectivity index (χ1v) is 9.26. The molecule has 0 aliphatic carbocycles. The second kappa shape index (κ2) is 5.85. The van der Waals surface area contributed by atoms with Gasteiger partial charge in [-0.25, -0.2) is 13.4 Å². The molecule has 4 nitrogen and oxygen atoms in total. The lowest BCUT2D eigenvalue weighted by Crippen LogP contribution is -2.42. The van der Waals surface area contributed by atoms with Crippen molar-refractivity contribution in [2.45, 2.75) is 31.6 Å². The number of rotatable bonds is 5. The first kappa shape index (κ1) is 15.5. The fourth-order valence-corrected chi connectivity index (χ4v) is 4.73. The number of benzene rings is 1. The normalized spacial score (nSPS) is 17.1. The van der Waals surface area contributed by atoms with Crippen molar-refractivity contribution in [1.82, 2.24) is 4.31 Å². The number of sulfonamides is 1. The van der Waals surface area contributed by atoms with Crippen LogP contribution in [0, 0.1) is 5.41 Å². The summed E-state index contributed by atoms with van der Waals surface area (Å²) in [6, 6.07) is 6.86. The third-order valence-corrected chi connectivity index (χ3v) is 6.98. The molecule has 20 heavy (non-hydrogen) atoms. The third kappa shape index (κ3) is 2.63. The quantitative estimate of drug-likeness (QED) is 0.755. The van der Waals surface area contributed by atoms with Crippen LogP contribution in [0.4, 0.5) is 5.69 Å². The van der Waals surface area contributed by atoms with Gasteiger partial charge in [0.05, 0.1) is 5.69 Å². The van der Waals surface area contributed by atoms with Crippen LogP contribution in [-0.4, -0.2) is 30.9 Å². The zero-order chi connectivity index (χ0) is 14.8. The molecular formula is C14H19BrN2O2S. The lowest BCUT2D eigenvalue weighted by Gasteiger charge is -2.35. The Bertz CT molecular complexity index is 601. The number of aliphatic imine (C=N–C) groups is 1. The summed E-state index contributed by atoms with van der Waals surface area (Å²) in [5, 5.41) is 0.772. The fourth-order valence-electron chi connectivity index (χ4n) is 2.26. The summed E-state index contributed by atoms with van der Waals surface area (Å²) in [6.45, 7) is 4.63. The van der Waals surface area contributed by atoms with Crippen LogP contribution in [0.15, 0.2) is 34.2 Å². The smallest absolute Gasteiger partial charge is 0.256 e. The first-order valence-electron chi connectivity index (χ1n) is 6.70. The van der Waals surface area contributed by atoms with Gasteiger partial charge in [0.1, 0.15) is 11.2 Å². The number of fused-ring (bicyclic) bond motifs is 1. The van der Waals surface area contributed by atoms with E-state index in [1.807, 2.05) is 0 Å². The van der Waals surface area contributed by atoms with E-state index in [4.69, 9.17) is 0 Å². The van der Waals surface area contributed by atoms with Crippen LogP contribution < -0.4 is 0 Å². The summed E-state index contributed by atoms with van der Waals surface area (Å²) in [5.41, 5.74) is 0.451. The summed E-state index contributed by atoms with van der Waals surface area (Å²) < 4.78 is 26.7. The summed E-state index contributed by atoms with van der Waals surface area (Å²) in [7, 11) is -3.48. The van der Waals surface area contributed by atoms with Crippen molar-refractivity contribution < 1.29 is 8.42 Å². The Balaban J connectivity index is 2.38. The number of hydrogen-bond donors (Lipinski definition) is 0. The standard InChI is InChI=1S/C14H19BrN2O2S/c1-3-14(4-2,9-15)10-17-11-16-12-7-5-6-8-13(12)20(17,18)19/h5-8,11H,3-4,9-10H2,1-2H3. The molecule has 2 rings (SSSR count). The molecule has 0 N–H and O–H groups in total. The fraction of sp³-hybridized carbons (Fsp3) is 0.500. The van der Waals surface area contributed by atoms with Crippen molar-refractivity contribution in [2.75, 3.05) is 11.9 Å². The average Bonchev–Trinajstić information content (AvgIpc) is 2.47. The molecule has 0 amide bonds. The first-order chi connectivity index (χ1) is 9.49. The predicted octanol–water partition coefficient (Wildman–Crippen LogP) is 3.55. The van der Waals surface area contributed by atoms with Gasteiger partial charge in [-0.15, -0.1) is 0 Å². The number of nitrogens with zero attached hydrogens (tertiary/aromatic N) is 2. The van der Waals surface area contributed by atoms with Crippen LogP contribution >= 0.6 is 15.9 Å². The monoisotopic (exact) mass is 358 g/mol. The Labute approximate surface area is 129 Å². The minimum Gasteiger partial charge on any atom is -0.256 e. The molecule has 0 radical (unpaired) electrons. The highest BCUT2D eigenvalue weighted by atomic mass is 79.9. The van der Waals surface area contributed by atoms with Crippen LogP contribution in [0.1, 0.15) is 26.7 Å².